The van der Waals surface area contributed by atoms with Crippen molar-refractivity contribution in [2.45, 2.75) is 23.1 Å². The summed E-state index contributed by atoms with van der Waals surface area (Å²) in [6.07, 6.45) is 0.374. The molecule has 0 saturated carbocycles. The van der Waals surface area contributed by atoms with Crippen molar-refractivity contribution < 1.29 is 26.4 Å². The number of ether oxygens (including phenoxy) is 1. The van der Waals surface area contributed by atoms with Crippen LogP contribution in [0.25, 0.3) is 0 Å². The van der Waals surface area contributed by atoms with Crippen LogP contribution in [0.2, 0.25) is 0 Å². The second kappa shape index (κ2) is 6.95. The number of carbonyl (C=O) groups excluding carboxylic acids is 1. The first kappa shape index (κ1) is 19.3. The van der Waals surface area contributed by atoms with Gasteiger partial charge in [0.2, 0.25) is 10.0 Å². The first-order valence-electron chi connectivity index (χ1n) is 8.10. The van der Waals surface area contributed by atoms with Crippen LogP contribution in [0.5, 0.6) is 0 Å². The smallest absolute Gasteiger partial charge is 0.338 e. The van der Waals surface area contributed by atoms with Gasteiger partial charge >= 0.3 is 5.97 Å². The number of nitrogens with zero attached hydrogens (tertiary/aromatic N) is 1. The van der Waals surface area contributed by atoms with Crippen LogP contribution in [0.15, 0.2) is 52.3 Å². The summed E-state index contributed by atoms with van der Waals surface area (Å²) in [7, 11) is -7.71. The molecule has 1 aliphatic heterocycles. The van der Waals surface area contributed by atoms with E-state index < -0.39 is 26.0 Å². The second-order valence-corrected chi connectivity index (χ2v) is 9.33. The van der Waals surface area contributed by atoms with Crippen molar-refractivity contribution in [3.63, 3.8) is 0 Å². The standard InChI is InChI=1S/C17H18N2O6S2/c1-2-25-17(20)12-3-5-14(6-4-12)27(23,24)19-10-9-13-11-15(26(18,21)22)7-8-16(13)19/h3-8,11H,2,9-10H2,1H3,(H2,18,21,22). The summed E-state index contributed by atoms with van der Waals surface area (Å²) < 4.78 is 55.0. The summed E-state index contributed by atoms with van der Waals surface area (Å²) in [4.78, 5) is 11.7. The van der Waals surface area contributed by atoms with Crippen LogP contribution in [0.1, 0.15) is 22.8 Å². The molecule has 0 radical (unpaired) electrons. The van der Waals surface area contributed by atoms with E-state index in [1.54, 1.807) is 6.92 Å². The fraction of sp³-hybridized carbons (Fsp3) is 0.235. The molecular weight excluding hydrogens is 392 g/mol. The van der Waals surface area contributed by atoms with Gasteiger partial charge < -0.3 is 4.74 Å². The van der Waals surface area contributed by atoms with Crippen LogP contribution in [0.4, 0.5) is 5.69 Å². The average molecular weight is 410 g/mol. The lowest BCUT2D eigenvalue weighted by atomic mass is 10.2. The Morgan fingerprint density at radius 1 is 1.07 bits per heavy atom. The van der Waals surface area contributed by atoms with E-state index in [2.05, 4.69) is 0 Å². The number of benzene rings is 2. The molecule has 2 aromatic rings. The van der Waals surface area contributed by atoms with E-state index in [0.29, 0.717) is 17.7 Å². The van der Waals surface area contributed by atoms with Crippen LogP contribution in [0, 0.1) is 0 Å². The van der Waals surface area contributed by atoms with Crippen molar-refractivity contribution in [1.29, 1.82) is 0 Å². The molecule has 1 heterocycles. The third kappa shape index (κ3) is 3.68. The van der Waals surface area contributed by atoms with Gasteiger partial charge in [-0.3, -0.25) is 4.31 Å². The Hall–Kier alpha value is -2.43. The largest absolute Gasteiger partial charge is 0.462 e. The van der Waals surface area contributed by atoms with Crippen LogP contribution in [-0.2, 0) is 31.2 Å². The van der Waals surface area contributed by atoms with Crippen LogP contribution >= 0.6 is 0 Å². The van der Waals surface area contributed by atoms with Crippen molar-refractivity contribution in [2.24, 2.45) is 5.14 Å². The van der Waals surface area contributed by atoms with Crippen molar-refractivity contribution in [3.8, 4) is 0 Å². The fourth-order valence-electron chi connectivity index (χ4n) is 2.88. The number of sulfonamides is 2. The lowest BCUT2D eigenvalue weighted by molar-refractivity contribution is 0.0526. The topological polar surface area (TPSA) is 124 Å². The summed E-state index contributed by atoms with van der Waals surface area (Å²) in [6.45, 7) is 2.10. The summed E-state index contributed by atoms with van der Waals surface area (Å²) in [5.41, 5.74) is 1.26. The van der Waals surface area contributed by atoms with E-state index in [1.807, 2.05) is 0 Å². The van der Waals surface area contributed by atoms with Crippen molar-refractivity contribution in [2.75, 3.05) is 17.5 Å². The van der Waals surface area contributed by atoms with Gasteiger partial charge in [-0.2, -0.15) is 0 Å². The van der Waals surface area contributed by atoms with Gasteiger partial charge in [-0.05, 0) is 61.4 Å². The maximum atomic E-state index is 13.0. The number of hydrogen-bond acceptors (Lipinski definition) is 6. The van der Waals surface area contributed by atoms with Gasteiger partial charge in [0, 0.05) is 6.54 Å². The monoisotopic (exact) mass is 410 g/mol. The number of anilines is 1. The molecule has 2 N–H and O–H groups in total. The number of esters is 1. The van der Waals surface area contributed by atoms with E-state index in [4.69, 9.17) is 9.88 Å². The molecule has 0 amide bonds. The molecule has 0 bridgehead atoms. The molecule has 3 rings (SSSR count). The molecule has 0 fully saturated rings. The number of hydrogen-bond donors (Lipinski definition) is 1. The minimum atomic E-state index is -3.86. The van der Waals surface area contributed by atoms with E-state index in [9.17, 15) is 21.6 Å². The Morgan fingerprint density at radius 2 is 1.70 bits per heavy atom. The molecule has 0 atom stereocenters. The van der Waals surface area contributed by atoms with Gasteiger partial charge in [-0.1, -0.05) is 0 Å². The van der Waals surface area contributed by atoms with Gasteiger partial charge in [0.05, 0.1) is 27.6 Å². The minimum absolute atomic E-state index is 0.0268. The molecule has 144 valence electrons. The second-order valence-electron chi connectivity index (χ2n) is 5.91. The number of fused-ring (bicyclic) bond motifs is 1. The van der Waals surface area contributed by atoms with E-state index in [0.717, 1.165) is 0 Å². The van der Waals surface area contributed by atoms with E-state index in [1.165, 1.54) is 46.8 Å². The predicted octanol–water partition coefficient (Wildman–Crippen LogP) is 1.26. The fourth-order valence-corrected chi connectivity index (χ4v) is 4.95. The Kier molecular flexibility index (Phi) is 4.98. The van der Waals surface area contributed by atoms with E-state index in [-0.39, 0.29) is 28.5 Å². The van der Waals surface area contributed by atoms with Gasteiger partial charge in [0.1, 0.15) is 0 Å². The highest BCUT2D eigenvalue weighted by molar-refractivity contribution is 7.92. The van der Waals surface area contributed by atoms with Crippen molar-refractivity contribution in [1.82, 2.24) is 0 Å². The predicted molar refractivity (Wildman–Crippen MR) is 98.4 cm³/mol. The summed E-state index contributed by atoms with van der Waals surface area (Å²) >= 11 is 0. The maximum absolute atomic E-state index is 13.0. The quantitative estimate of drug-likeness (QED) is 0.740. The molecule has 0 spiro atoms. The van der Waals surface area contributed by atoms with Gasteiger partial charge in [0.15, 0.2) is 0 Å². The van der Waals surface area contributed by atoms with Crippen molar-refractivity contribution >= 4 is 31.7 Å². The normalized spacial score (nSPS) is 14.1. The zero-order chi connectivity index (χ0) is 19.8. The van der Waals surface area contributed by atoms with Gasteiger partial charge in [-0.25, -0.2) is 26.8 Å². The molecule has 27 heavy (non-hydrogen) atoms. The number of carbonyl (C=O) groups is 1. The molecule has 1 aliphatic rings. The van der Waals surface area contributed by atoms with Gasteiger partial charge in [-0.15, -0.1) is 0 Å². The third-order valence-corrected chi connectivity index (χ3v) is 6.92. The highest BCUT2D eigenvalue weighted by atomic mass is 32.2. The molecule has 0 aromatic heterocycles. The summed E-state index contributed by atoms with van der Waals surface area (Å²) in [5, 5.41) is 5.13. The minimum Gasteiger partial charge on any atom is -0.462 e. The molecular formula is C17H18N2O6S2. The van der Waals surface area contributed by atoms with Crippen LogP contribution < -0.4 is 9.44 Å². The van der Waals surface area contributed by atoms with Crippen LogP contribution in [-0.4, -0.2) is 36.0 Å². The van der Waals surface area contributed by atoms with Gasteiger partial charge in [0.25, 0.3) is 10.0 Å². The number of primary sulfonamides is 1. The summed E-state index contributed by atoms with van der Waals surface area (Å²) in [5.74, 6) is -0.525. The lowest BCUT2D eigenvalue weighted by Gasteiger charge is -2.20. The number of rotatable bonds is 5. The number of nitrogens with two attached hydrogens (primary N) is 1. The molecule has 0 saturated heterocycles. The third-order valence-electron chi connectivity index (χ3n) is 4.19. The maximum Gasteiger partial charge on any atom is 0.338 e. The lowest BCUT2D eigenvalue weighted by Crippen LogP contribution is -2.29. The highest BCUT2D eigenvalue weighted by Crippen LogP contribution is 2.34. The highest BCUT2D eigenvalue weighted by Gasteiger charge is 2.31. The Balaban J connectivity index is 1.93. The first-order valence-corrected chi connectivity index (χ1v) is 11.1. The molecule has 0 aliphatic carbocycles. The first-order chi connectivity index (χ1) is 12.6. The molecule has 0 unspecified atom stereocenters. The molecule has 10 heteroatoms. The average Bonchev–Trinajstić information content (AvgIpc) is 3.05. The Bertz CT molecular complexity index is 1090. The van der Waals surface area contributed by atoms with Crippen LogP contribution in [0.3, 0.4) is 0 Å². The zero-order valence-corrected chi connectivity index (χ0v) is 16.1. The molecule has 2 aromatic carbocycles. The molecule has 8 nitrogen and oxygen atoms in total. The SMILES string of the molecule is CCOC(=O)c1ccc(S(=O)(=O)N2CCc3cc(S(N)(=O)=O)ccc32)cc1. The summed E-state index contributed by atoms with van der Waals surface area (Å²) in [6, 6.07) is 9.59. The zero-order valence-electron chi connectivity index (χ0n) is 14.5. The Morgan fingerprint density at radius 3 is 2.30 bits per heavy atom. The van der Waals surface area contributed by atoms with Crippen molar-refractivity contribution in [3.05, 3.63) is 53.6 Å². The Labute approximate surface area is 157 Å². The van der Waals surface area contributed by atoms with E-state index >= 15 is 0 Å².